The predicted octanol–water partition coefficient (Wildman–Crippen LogP) is 2.89. The van der Waals surface area contributed by atoms with Crippen molar-refractivity contribution >= 4 is 26.8 Å². The van der Waals surface area contributed by atoms with Gasteiger partial charge in [-0.1, -0.05) is 24.3 Å². The van der Waals surface area contributed by atoms with Crippen molar-refractivity contribution in [2.45, 2.75) is 6.61 Å². The van der Waals surface area contributed by atoms with E-state index in [-0.39, 0.29) is 12.2 Å². The number of H-pyrrole nitrogens is 1. The number of para-hydroxylation sites is 1. The van der Waals surface area contributed by atoms with Crippen LogP contribution in [0.3, 0.4) is 0 Å². The zero-order valence-electron chi connectivity index (χ0n) is 11.3. The van der Waals surface area contributed by atoms with Gasteiger partial charge in [-0.3, -0.25) is 4.79 Å². The zero-order valence-corrected chi connectivity index (χ0v) is 12.8. The van der Waals surface area contributed by atoms with Crippen molar-refractivity contribution in [1.29, 1.82) is 0 Å². The number of aromatic nitrogens is 3. The maximum Gasteiger partial charge on any atom is 0.265 e. The number of fused-ring (bicyclic) bond motifs is 1. The third kappa shape index (κ3) is 2.72. The Kier molecular flexibility index (Phi) is 3.81. The minimum atomic E-state index is -0.248. The highest BCUT2D eigenvalue weighted by Crippen LogP contribution is 2.19. The number of hydrogen-bond donors (Lipinski definition) is 1. The quantitative estimate of drug-likeness (QED) is 0.792. The molecule has 2 aromatic heterocycles. The van der Waals surface area contributed by atoms with E-state index < -0.39 is 0 Å². The molecule has 1 N–H and O–H groups in total. The maximum absolute atomic E-state index is 11.9. The Morgan fingerprint density at radius 3 is 2.81 bits per heavy atom. The molecule has 0 radical (unpaired) electrons. The average molecular weight is 346 g/mol. The summed E-state index contributed by atoms with van der Waals surface area (Å²) >= 11 is 3.22. The summed E-state index contributed by atoms with van der Waals surface area (Å²) in [6, 6.07) is 11.6. The highest BCUT2D eigenvalue weighted by Gasteiger charge is 2.11. The summed E-state index contributed by atoms with van der Waals surface area (Å²) in [7, 11) is 1.56. The van der Waals surface area contributed by atoms with Gasteiger partial charge in [-0.05, 0) is 28.1 Å². The number of hydrogen-bond acceptors (Lipinski definition) is 4. The first-order valence-electron chi connectivity index (χ1n) is 6.33. The molecule has 0 aliphatic carbocycles. The molecule has 0 bridgehead atoms. The Morgan fingerprint density at radius 2 is 2.00 bits per heavy atom. The second-order valence-electron chi connectivity index (χ2n) is 4.50. The van der Waals surface area contributed by atoms with E-state index in [0.29, 0.717) is 21.7 Å². The first-order valence-corrected chi connectivity index (χ1v) is 7.12. The van der Waals surface area contributed by atoms with E-state index in [9.17, 15) is 4.79 Å². The van der Waals surface area contributed by atoms with Gasteiger partial charge in [0, 0.05) is 12.5 Å². The van der Waals surface area contributed by atoms with Crippen LogP contribution < -0.4 is 5.56 Å². The number of rotatable bonds is 3. The molecule has 0 saturated carbocycles. The van der Waals surface area contributed by atoms with Gasteiger partial charge in [-0.15, -0.1) is 0 Å². The fourth-order valence-electron chi connectivity index (χ4n) is 2.06. The molecule has 0 fully saturated rings. The van der Waals surface area contributed by atoms with E-state index in [0.717, 1.165) is 10.9 Å². The van der Waals surface area contributed by atoms with Gasteiger partial charge in [0.1, 0.15) is 10.2 Å². The molecule has 3 aromatic rings. The van der Waals surface area contributed by atoms with Crippen LogP contribution in [0.15, 0.2) is 45.7 Å². The van der Waals surface area contributed by atoms with Crippen LogP contribution in [0.4, 0.5) is 0 Å². The van der Waals surface area contributed by atoms with Crippen LogP contribution in [0.25, 0.3) is 22.4 Å². The molecule has 0 spiro atoms. The van der Waals surface area contributed by atoms with Gasteiger partial charge in [0.2, 0.25) is 0 Å². The van der Waals surface area contributed by atoms with Crippen LogP contribution in [0.2, 0.25) is 0 Å². The fraction of sp³-hybridized carbons (Fsp3) is 0.133. The van der Waals surface area contributed by atoms with Gasteiger partial charge < -0.3 is 9.72 Å². The molecule has 3 rings (SSSR count). The molecule has 2 heterocycles. The first-order chi connectivity index (χ1) is 10.2. The fourth-order valence-corrected chi connectivity index (χ4v) is 2.36. The van der Waals surface area contributed by atoms with Crippen LogP contribution in [0.5, 0.6) is 0 Å². The van der Waals surface area contributed by atoms with E-state index in [1.165, 1.54) is 0 Å². The van der Waals surface area contributed by atoms with E-state index in [1.807, 2.05) is 36.4 Å². The summed E-state index contributed by atoms with van der Waals surface area (Å²) in [5.74, 6) is 0.431. The normalized spacial score (nSPS) is 11.0. The Bertz CT molecular complexity index is 861. The van der Waals surface area contributed by atoms with Crippen molar-refractivity contribution in [3.05, 3.63) is 56.9 Å². The van der Waals surface area contributed by atoms with Crippen molar-refractivity contribution in [2.75, 3.05) is 7.11 Å². The Labute approximate surface area is 129 Å². The van der Waals surface area contributed by atoms with Crippen molar-refractivity contribution in [3.8, 4) is 11.5 Å². The molecular weight excluding hydrogens is 334 g/mol. The topological polar surface area (TPSA) is 67.9 Å². The van der Waals surface area contributed by atoms with Gasteiger partial charge in [-0.2, -0.15) is 0 Å². The lowest BCUT2D eigenvalue weighted by atomic mass is 10.2. The van der Waals surface area contributed by atoms with Crippen LogP contribution in [-0.2, 0) is 11.3 Å². The molecule has 1 aromatic carbocycles. The van der Waals surface area contributed by atoms with Crippen molar-refractivity contribution in [3.63, 3.8) is 0 Å². The lowest BCUT2D eigenvalue weighted by Crippen LogP contribution is -2.14. The Hall–Kier alpha value is -2.05. The van der Waals surface area contributed by atoms with Gasteiger partial charge in [0.25, 0.3) is 5.56 Å². The lowest BCUT2D eigenvalue weighted by Gasteiger charge is -2.06. The molecule has 6 heteroatoms. The van der Waals surface area contributed by atoms with E-state index in [1.54, 1.807) is 7.11 Å². The highest BCUT2D eigenvalue weighted by molar-refractivity contribution is 9.10. The second-order valence-corrected chi connectivity index (χ2v) is 5.29. The first kappa shape index (κ1) is 13.9. The van der Waals surface area contributed by atoms with Gasteiger partial charge in [-0.25, -0.2) is 9.97 Å². The van der Waals surface area contributed by atoms with E-state index >= 15 is 0 Å². The minimum absolute atomic E-state index is 0.248. The number of nitrogens with zero attached hydrogens (tertiary/aromatic N) is 2. The second kappa shape index (κ2) is 5.75. The molecule has 5 nitrogen and oxygen atoms in total. The Balaban J connectivity index is 2.15. The van der Waals surface area contributed by atoms with Gasteiger partial charge in [0.05, 0.1) is 17.8 Å². The Morgan fingerprint density at radius 1 is 1.19 bits per heavy atom. The lowest BCUT2D eigenvalue weighted by molar-refractivity contribution is 0.180. The molecule has 106 valence electrons. The minimum Gasteiger partial charge on any atom is -0.378 e. The van der Waals surface area contributed by atoms with E-state index in [2.05, 4.69) is 30.9 Å². The number of aromatic amines is 1. The summed E-state index contributed by atoms with van der Waals surface area (Å²) in [6.45, 7) is 0.255. The van der Waals surface area contributed by atoms with Crippen molar-refractivity contribution in [2.24, 2.45) is 0 Å². The highest BCUT2D eigenvalue weighted by atomic mass is 79.9. The SMILES string of the molecule is COCc1nc(-c2ccc3ccccc3n2)[nH]c(=O)c1Br. The molecule has 0 unspecified atom stereocenters. The number of ether oxygens (including phenoxy) is 1. The van der Waals surface area contributed by atoms with Gasteiger partial charge in [0.15, 0.2) is 5.82 Å². The molecule has 0 aliphatic heterocycles. The average Bonchev–Trinajstić information content (AvgIpc) is 2.51. The largest absolute Gasteiger partial charge is 0.378 e. The molecule has 21 heavy (non-hydrogen) atoms. The van der Waals surface area contributed by atoms with Crippen LogP contribution in [0, 0.1) is 0 Å². The number of halogens is 1. The number of nitrogens with one attached hydrogen (secondary N) is 1. The van der Waals surface area contributed by atoms with E-state index in [4.69, 9.17) is 4.74 Å². The molecule has 0 amide bonds. The van der Waals surface area contributed by atoms with Crippen LogP contribution >= 0.6 is 15.9 Å². The number of pyridine rings is 1. The standard InChI is InChI=1S/C15H12BrN3O2/c1-21-8-12-13(16)15(20)19-14(18-12)11-7-6-9-4-2-3-5-10(9)17-11/h2-7H,8H2,1H3,(H,18,19,20). The third-order valence-electron chi connectivity index (χ3n) is 3.05. The summed E-state index contributed by atoms with van der Waals surface area (Å²) in [6.07, 6.45) is 0. The smallest absolute Gasteiger partial charge is 0.265 e. The van der Waals surface area contributed by atoms with Crippen LogP contribution in [-0.4, -0.2) is 22.1 Å². The van der Waals surface area contributed by atoms with Crippen LogP contribution in [0.1, 0.15) is 5.69 Å². The monoisotopic (exact) mass is 345 g/mol. The maximum atomic E-state index is 11.9. The predicted molar refractivity (Wildman–Crippen MR) is 84.0 cm³/mol. The molecule has 0 atom stereocenters. The van der Waals surface area contributed by atoms with Crippen molar-refractivity contribution < 1.29 is 4.74 Å². The summed E-state index contributed by atoms with van der Waals surface area (Å²) in [5.41, 5.74) is 1.78. The number of benzene rings is 1. The number of methoxy groups -OCH3 is 1. The summed E-state index contributed by atoms with van der Waals surface area (Å²) in [5, 5.41) is 1.04. The van der Waals surface area contributed by atoms with Crippen molar-refractivity contribution in [1.82, 2.24) is 15.0 Å². The molecule has 0 aliphatic rings. The summed E-state index contributed by atoms with van der Waals surface area (Å²) < 4.78 is 5.44. The molecule has 0 saturated heterocycles. The third-order valence-corrected chi connectivity index (χ3v) is 3.87. The summed E-state index contributed by atoms with van der Waals surface area (Å²) in [4.78, 5) is 23.6. The van der Waals surface area contributed by atoms with Gasteiger partial charge >= 0.3 is 0 Å². The zero-order chi connectivity index (χ0) is 14.8. The molecular formula is C15H12BrN3O2.